The van der Waals surface area contributed by atoms with Crippen LogP contribution in [0.5, 0.6) is 5.75 Å². The predicted octanol–water partition coefficient (Wildman–Crippen LogP) is 4.52. The molecule has 3 atom stereocenters. The van der Waals surface area contributed by atoms with Gasteiger partial charge in [-0.15, -0.1) is 11.3 Å². The molecule has 2 aliphatic heterocycles. The van der Waals surface area contributed by atoms with Crippen molar-refractivity contribution >= 4 is 58.5 Å². The molecule has 3 aromatic rings. The SMILES string of the molecule is COc1ccc([C@@H]2c3sc(=S)[nH]c3S[C@@H]3C(=O)N(c4ccc([N+](=O)[O-])cc4)C(=O)[C@H]23)cc1. The Kier molecular flexibility index (Phi) is 5.11. The molecule has 0 unspecified atom stereocenters. The van der Waals surface area contributed by atoms with E-state index in [1.165, 1.54) is 47.4 Å². The third-order valence-electron chi connectivity index (χ3n) is 5.62. The number of H-pyrrole nitrogens is 1. The number of nitro groups is 1. The first kappa shape index (κ1) is 20.9. The van der Waals surface area contributed by atoms with Crippen LogP contribution in [-0.2, 0) is 9.59 Å². The number of fused-ring (bicyclic) bond motifs is 2. The highest BCUT2D eigenvalue weighted by Crippen LogP contribution is 2.54. The fourth-order valence-corrected chi connectivity index (χ4v) is 7.13. The van der Waals surface area contributed by atoms with Crippen molar-refractivity contribution in [2.24, 2.45) is 5.92 Å². The molecule has 0 radical (unpaired) electrons. The second-order valence-electron chi connectivity index (χ2n) is 7.31. The number of benzene rings is 2. The van der Waals surface area contributed by atoms with E-state index in [0.29, 0.717) is 15.4 Å². The van der Waals surface area contributed by atoms with Crippen LogP contribution in [0.15, 0.2) is 53.6 Å². The smallest absolute Gasteiger partial charge is 0.269 e. The Morgan fingerprint density at radius 1 is 1.09 bits per heavy atom. The quantitative estimate of drug-likeness (QED) is 0.251. The van der Waals surface area contributed by atoms with E-state index in [0.717, 1.165) is 20.4 Å². The molecule has 2 aliphatic rings. The lowest BCUT2D eigenvalue weighted by Crippen LogP contribution is -2.32. The number of methoxy groups -OCH3 is 1. The Balaban J connectivity index is 1.59. The van der Waals surface area contributed by atoms with Gasteiger partial charge < -0.3 is 9.72 Å². The minimum atomic E-state index is -0.627. The number of carbonyl (C=O) groups excluding carboxylic acids is 2. The summed E-state index contributed by atoms with van der Waals surface area (Å²) in [5.74, 6) is -0.941. The third kappa shape index (κ3) is 3.24. The van der Waals surface area contributed by atoms with E-state index < -0.39 is 16.1 Å². The van der Waals surface area contributed by atoms with Crippen molar-refractivity contribution in [3.05, 3.63) is 73.0 Å². The van der Waals surface area contributed by atoms with Gasteiger partial charge in [0, 0.05) is 22.9 Å². The van der Waals surface area contributed by atoms with E-state index in [1.54, 1.807) is 7.11 Å². The van der Waals surface area contributed by atoms with Gasteiger partial charge in [-0.2, -0.15) is 0 Å². The van der Waals surface area contributed by atoms with Crippen LogP contribution in [0.3, 0.4) is 0 Å². The number of hydrogen-bond acceptors (Lipinski definition) is 8. The summed E-state index contributed by atoms with van der Waals surface area (Å²) in [4.78, 5) is 42.6. The average Bonchev–Trinajstić information content (AvgIpc) is 3.28. The summed E-state index contributed by atoms with van der Waals surface area (Å²) in [6, 6.07) is 12.9. The van der Waals surface area contributed by atoms with Crippen LogP contribution in [-0.4, -0.2) is 34.1 Å². The van der Waals surface area contributed by atoms with Crippen molar-refractivity contribution in [1.29, 1.82) is 0 Å². The molecule has 162 valence electrons. The lowest BCUT2D eigenvalue weighted by atomic mass is 9.83. The summed E-state index contributed by atoms with van der Waals surface area (Å²) in [7, 11) is 1.58. The topological polar surface area (TPSA) is 106 Å². The van der Waals surface area contributed by atoms with Crippen molar-refractivity contribution in [2.75, 3.05) is 12.0 Å². The molecule has 3 heterocycles. The Morgan fingerprint density at radius 2 is 1.78 bits per heavy atom. The van der Waals surface area contributed by atoms with Gasteiger partial charge in [0.2, 0.25) is 11.8 Å². The number of nitro benzene ring substituents is 1. The number of nitrogens with zero attached hydrogens (tertiary/aromatic N) is 2. The van der Waals surface area contributed by atoms with Crippen LogP contribution in [0.1, 0.15) is 16.4 Å². The van der Waals surface area contributed by atoms with Crippen LogP contribution in [0.4, 0.5) is 11.4 Å². The number of amides is 2. The first-order valence-electron chi connectivity index (χ1n) is 9.55. The molecular weight excluding hydrogens is 470 g/mol. The van der Waals surface area contributed by atoms with E-state index in [2.05, 4.69) is 4.98 Å². The first-order chi connectivity index (χ1) is 15.4. The van der Waals surface area contributed by atoms with Crippen LogP contribution in [0.25, 0.3) is 0 Å². The highest BCUT2D eigenvalue weighted by Gasteiger charge is 2.56. The average molecular weight is 486 g/mol. The van der Waals surface area contributed by atoms with Crippen molar-refractivity contribution in [1.82, 2.24) is 4.98 Å². The van der Waals surface area contributed by atoms with E-state index in [1.807, 2.05) is 24.3 Å². The summed E-state index contributed by atoms with van der Waals surface area (Å²) >= 11 is 8.06. The number of imide groups is 1. The van der Waals surface area contributed by atoms with Crippen LogP contribution in [0.2, 0.25) is 0 Å². The van der Waals surface area contributed by atoms with E-state index in [4.69, 9.17) is 17.0 Å². The highest BCUT2D eigenvalue weighted by molar-refractivity contribution is 8.01. The van der Waals surface area contributed by atoms with Gasteiger partial charge in [-0.25, -0.2) is 4.90 Å². The zero-order valence-electron chi connectivity index (χ0n) is 16.5. The number of aromatic amines is 1. The maximum absolute atomic E-state index is 13.6. The molecule has 0 bridgehead atoms. The largest absolute Gasteiger partial charge is 0.497 e. The number of non-ortho nitro benzene ring substituents is 1. The van der Waals surface area contributed by atoms with Crippen LogP contribution < -0.4 is 9.64 Å². The molecule has 0 spiro atoms. The lowest BCUT2D eigenvalue weighted by Gasteiger charge is -2.30. The molecule has 1 saturated heterocycles. The summed E-state index contributed by atoms with van der Waals surface area (Å²) in [6.45, 7) is 0. The van der Waals surface area contributed by atoms with Gasteiger partial charge in [0.25, 0.3) is 5.69 Å². The van der Waals surface area contributed by atoms with Gasteiger partial charge in [-0.1, -0.05) is 23.9 Å². The van der Waals surface area contributed by atoms with Crippen LogP contribution >= 0.6 is 35.3 Å². The van der Waals surface area contributed by atoms with Crippen molar-refractivity contribution < 1.29 is 19.2 Å². The number of nitrogens with one attached hydrogen (secondary N) is 1. The zero-order chi connectivity index (χ0) is 22.6. The Hall–Kier alpha value is -3.02. The lowest BCUT2D eigenvalue weighted by molar-refractivity contribution is -0.384. The molecule has 8 nitrogen and oxygen atoms in total. The molecule has 0 saturated carbocycles. The van der Waals surface area contributed by atoms with Gasteiger partial charge in [-0.3, -0.25) is 19.7 Å². The molecule has 1 N–H and O–H groups in total. The Labute approximate surface area is 195 Å². The molecule has 0 aliphatic carbocycles. The van der Waals surface area contributed by atoms with E-state index >= 15 is 0 Å². The summed E-state index contributed by atoms with van der Waals surface area (Å²) in [5.41, 5.74) is 1.11. The van der Waals surface area contributed by atoms with Gasteiger partial charge in [0.15, 0.2) is 3.95 Å². The number of rotatable bonds is 4. The second-order valence-corrected chi connectivity index (χ2v) is 10.2. The Bertz CT molecular complexity index is 1300. The molecule has 11 heteroatoms. The van der Waals surface area contributed by atoms with Gasteiger partial charge in [0.05, 0.1) is 28.7 Å². The van der Waals surface area contributed by atoms with Crippen molar-refractivity contribution in [2.45, 2.75) is 16.2 Å². The highest BCUT2D eigenvalue weighted by atomic mass is 32.2. The van der Waals surface area contributed by atoms with Crippen molar-refractivity contribution in [3.8, 4) is 5.75 Å². The number of thiazole rings is 1. The molecule has 2 aromatic carbocycles. The molecule has 5 rings (SSSR count). The second kappa shape index (κ2) is 7.84. The standard InChI is InChI=1S/C21H15N3O5S3/c1-29-13-8-2-10(3-9-13)14-15-17(31-18-16(14)32-21(30)22-18)20(26)23(19(15)25)11-4-6-12(7-5-11)24(27)28/h2-9,14-15,17H,1H3,(H,22,30)/t14-,15+,17-/m0/s1. The maximum Gasteiger partial charge on any atom is 0.269 e. The summed E-state index contributed by atoms with van der Waals surface area (Å²) < 4.78 is 5.85. The molecule has 32 heavy (non-hydrogen) atoms. The van der Waals surface area contributed by atoms with Gasteiger partial charge in [0.1, 0.15) is 11.0 Å². The number of ether oxygens (including phenoxy) is 1. The molecule has 1 aromatic heterocycles. The number of carbonyl (C=O) groups is 2. The van der Waals surface area contributed by atoms with E-state index in [-0.39, 0.29) is 23.4 Å². The fraction of sp³-hybridized carbons (Fsp3) is 0.190. The molecule has 2 amide bonds. The molecular formula is C21H15N3O5S3. The molecule has 1 fully saturated rings. The maximum atomic E-state index is 13.6. The number of anilines is 1. The van der Waals surface area contributed by atoms with Gasteiger partial charge >= 0.3 is 0 Å². The minimum absolute atomic E-state index is 0.106. The number of hydrogen-bond donors (Lipinski definition) is 1. The summed E-state index contributed by atoms with van der Waals surface area (Å²) in [6.07, 6.45) is 0. The van der Waals surface area contributed by atoms with Gasteiger partial charge in [-0.05, 0) is 42.0 Å². The first-order valence-corrected chi connectivity index (χ1v) is 11.7. The normalized spacial score (nSPS) is 21.9. The number of aromatic nitrogens is 1. The van der Waals surface area contributed by atoms with Crippen LogP contribution in [0, 0.1) is 20.0 Å². The third-order valence-corrected chi connectivity index (χ3v) is 8.37. The van der Waals surface area contributed by atoms with Crippen molar-refractivity contribution in [3.63, 3.8) is 0 Å². The predicted molar refractivity (Wildman–Crippen MR) is 123 cm³/mol. The number of thioether (sulfide) groups is 1. The monoisotopic (exact) mass is 485 g/mol. The van der Waals surface area contributed by atoms with E-state index in [9.17, 15) is 19.7 Å². The zero-order valence-corrected chi connectivity index (χ0v) is 19.0. The summed E-state index contributed by atoms with van der Waals surface area (Å²) in [5, 5.41) is 11.1. The minimum Gasteiger partial charge on any atom is -0.497 e. The fourth-order valence-electron chi connectivity index (χ4n) is 4.17. The Morgan fingerprint density at radius 3 is 2.41 bits per heavy atom.